The molecule has 0 fully saturated rings. The molecule has 4 nitrogen and oxygen atoms in total. The highest BCUT2D eigenvalue weighted by atomic mass is 16.5. The maximum absolute atomic E-state index is 8.87. The average molecular weight is 183 g/mol. The summed E-state index contributed by atoms with van der Waals surface area (Å²) in [6.45, 7) is 2.58. The fraction of sp³-hybridized carbons (Fsp3) is 0.250. The van der Waals surface area contributed by atoms with Crippen molar-refractivity contribution < 1.29 is 19.9 Å². The van der Waals surface area contributed by atoms with Crippen LogP contribution >= 0.6 is 0 Å². The van der Waals surface area contributed by atoms with Crippen molar-refractivity contribution in [1.82, 2.24) is 0 Å². The Labute approximate surface area is 77.7 Å². The number of phenols is 1. The minimum atomic E-state index is 0. The van der Waals surface area contributed by atoms with E-state index in [4.69, 9.17) is 19.9 Å². The zero-order valence-electron chi connectivity index (χ0n) is 7.34. The normalized spacial score (nSPS) is 8.23. The summed E-state index contributed by atoms with van der Waals surface area (Å²) in [4.78, 5) is 0. The predicted molar refractivity (Wildman–Crippen MR) is 49.5 cm³/mol. The van der Waals surface area contributed by atoms with Gasteiger partial charge >= 0.3 is 7.69 Å². The van der Waals surface area contributed by atoms with E-state index < -0.39 is 0 Å². The molecule has 0 bridgehead atoms. The lowest BCUT2D eigenvalue weighted by Crippen LogP contribution is -1.89. The van der Waals surface area contributed by atoms with Crippen molar-refractivity contribution in [2.24, 2.45) is 0 Å². The minimum absolute atomic E-state index is 0. The van der Waals surface area contributed by atoms with Crippen LogP contribution in [0.1, 0.15) is 6.92 Å². The van der Waals surface area contributed by atoms with E-state index >= 15 is 0 Å². The maximum atomic E-state index is 8.87. The van der Waals surface area contributed by atoms with Crippen molar-refractivity contribution in [3.63, 3.8) is 0 Å². The second kappa shape index (κ2) is 7.45. The van der Waals surface area contributed by atoms with Crippen LogP contribution < -0.4 is 4.74 Å². The molecule has 0 saturated heterocycles. The molecule has 1 aromatic rings. The van der Waals surface area contributed by atoms with Crippen LogP contribution in [0.3, 0.4) is 0 Å². The Morgan fingerprint density at radius 2 is 1.69 bits per heavy atom. The van der Waals surface area contributed by atoms with Crippen molar-refractivity contribution in [2.45, 2.75) is 6.92 Å². The van der Waals surface area contributed by atoms with Gasteiger partial charge in [-0.05, 0) is 31.2 Å². The van der Waals surface area contributed by atoms with E-state index in [1.54, 1.807) is 24.3 Å². The monoisotopic (exact) mass is 183 g/mol. The first-order chi connectivity index (χ1) is 6.24. The van der Waals surface area contributed by atoms with Crippen LogP contribution in [0.4, 0.5) is 0 Å². The fourth-order valence-corrected chi connectivity index (χ4v) is 0.709. The third-order valence-corrected chi connectivity index (χ3v) is 1.15. The molecular formula is C8H12BO4. The highest BCUT2D eigenvalue weighted by Crippen LogP contribution is 2.15. The molecule has 0 saturated carbocycles. The Bertz CT molecular complexity index is 212. The highest BCUT2D eigenvalue weighted by molar-refractivity contribution is 6.13. The number of benzene rings is 1. The Balaban J connectivity index is 0.000000424. The summed E-state index contributed by atoms with van der Waals surface area (Å²) in [7, 11) is 0. The number of rotatable bonds is 2. The second-order valence-electron chi connectivity index (χ2n) is 2.04. The zero-order valence-corrected chi connectivity index (χ0v) is 7.34. The summed E-state index contributed by atoms with van der Waals surface area (Å²) in [5.41, 5.74) is 0. The summed E-state index contributed by atoms with van der Waals surface area (Å²) < 4.78 is 5.15. The topological polar surface area (TPSA) is 69.9 Å². The van der Waals surface area contributed by atoms with Gasteiger partial charge in [-0.2, -0.15) is 0 Å². The van der Waals surface area contributed by atoms with Gasteiger partial charge in [0.15, 0.2) is 0 Å². The Morgan fingerprint density at radius 1 is 1.23 bits per heavy atom. The first kappa shape index (κ1) is 11.8. The molecule has 0 atom stereocenters. The van der Waals surface area contributed by atoms with Gasteiger partial charge in [0.1, 0.15) is 11.5 Å². The average Bonchev–Trinajstić information content (AvgIpc) is 2.11. The van der Waals surface area contributed by atoms with Crippen molar-refractivity contribution in [3.05, 3.63) is 24.3 Å². The molecule has 1 rings (SSSR count). The predicted octanol–water partition coefficient (Wildman–Crippen LogP) is 0.296. The molecule has 0 aromatic heterocycles. The van der Waals surface area contributed by atoms with Crippen LogP contribution in [-0.2, 0) is 0 Å². The zero-order chi connectivity index (χ0) is 10.1. The lowest BCUT2D eigenvalue weighted by molar-refractivity contribution is 0.339. The van der Waals surface area contributed by atoms with Gasteiger partial charge in [-0.25, -0.2) is 0 Å². The maximum Gasteiger partial charge on any atom is 0.482 e. The van der Waals surface area contributed by atoms with Gasteiger partial charge in [-0.1, -0.05) is 0 Å². The Kier molecular flexibility index (Phi) is 6.77. The number of hydrogen-bond acceptors (Lipinski definition) is 4. The van der Waals surface area contributed by atoms with E-state index in [2.05, 4.69) is 0 Å². The van der Waals surface area contributed by atoms with Gasteiger partial charge in [0.2, 0.25) is 0 Å². The Hall–Kier alpha value is -1.20. The molecule has 0 aliphatic heterocycles. The van der Waals surface area contributed by atoms with Gasteiger partial charge in [-0.15, -0.1) is 0 Å². The molecule has 0 aliphatic rings. The summed E-state index contributed by atoms with van der Waals surface area (Å²) in [6.07, 6.45) is 0. The SMILES string of the molecule is CCOc1ccc(O)cc1.O[B]O. The number of ether oxygens (including phenoxy) is 1. The molecule has 1 radical (unpaired) electrons. The summed E-state index contributed by atoms with van der Waals surface area (Å²) in [6, 6.07) is 6.67. The molecule has 0 amide bonds. The van der Waals surface area contributed by atoms with Crippen LogP contribution in [-0.4, -0.2) is 29.4 Å². The number of aromatic hydroxyl groups is 1. The van der Waals surface area contributed by atoms with Crippen LogP contribution in [0.5, 0.6) is 11.5 Å². The quantitative estimate of drug-likeness (QED) is 0.576. The Morgan fingerprint density at radius 3 is 2.08 bits per heavy atom. The van der Waals surface area contributed by atoms with E-state index in [1.165, 1.54) is 0 Å². The molecule has 5 heteroatoms. The molecule has 0 unspecified atom stereocenters. The minimum Gasteiger partial charge on any atom is -0.508 e. The fourth-order valence-electron chi connectivity index (χ4n) is 0.709. The van der Waals surface area contributed by atoms with E-state index in [1.807, 2.05) is 6.92 Å². The highest BCUT2D eigenvalue weighted by Gasteiger charge is 1.89. The summed E-state index contributed by atoms with van der Waals surface area (Å²) in [5.74, 6) is 1.06. The molecule has 13 heavy (non-hydrogen) atoms. The van der Waals surface area contributed by atoms with E-state index in [0.717, 1.165) is 5.75 Å². The largest absolute Gasteiger partial charge is 0.508 e. The molecule has 1 aromatic carbocycles. The van der Waals surface area contributed by atoms with E-state index in [9.17, 15) is 0 Å². The lowest BCUT2D eigenvalue weighted by atomic mass is 10.3. The first-order valence-electron chi connectivity index (χ1n) is 3.76. The van der Waals surface area contributed by atoms with Gasteiger partial charge in [0, 0.05) is 0 Å². The van der Waals surface area contributed by atoms with Crippen molar-refractivity contribution in [3.8, 4) is 11.5 Å². The molecule has 0 heterocycles. The van der Waals surface area contributed by atoms with E-state index in [0.29, 0.717) is 6.61 Å². The van der Waals surface area contributed by atoms with Crippen molar-refractivity contribution in [1.29, 1.82) is 0 Å². The third-order valence-electron chi connectivity index (χ3n) is 1.15. The van der Waals surface area contributed by atoms with Crippen LogP contribution in [0, 0.1) is 0 Å². The smallest absolute Gasteiger partial charge is 0.482 e. The van der Waals surface area contributed by atoms with Gasteiger partial charge in [0.05, 0.1) is 6.61 Å². The number of hydrogen-bond donors (Lipinski definition) is 3. The van der Waals surface area contributed by atoms with Gasteiger partial charge in [-0.3, -0.25) is 0 Å². The second-order valence-corrected chi connectivity index (χ2v) is 2.04. The summed E-state index contributed by atoms with van der Waals surface area (Å²) in [5, 5.41) is 22.9. The van der Waals surface area contributed by atoms with E-state index in [-0.39, 0.29) is 13.4 Å². The first-order valence-corrected chi connectivity index (χ1v) is 3.76. The lowest BCUT2D eigenvalue weighted by Gasteiger charge is -2.00. The third kappa shape index (κ3) is 6.01. The molecule has 0 aliphatic carbocycles. The van der Waals surface area contributed by atoms with Crippen LogP contribution in [0.2, 0.25) is 0 Å². The molecule has 71 valence electrons. The number of phenolic OH excluding ortho intramolecular Hbond substituents is 1. The standard InChI is InChI=1S/C8H10O2.BH2O2/c1-2-10-8-5-3-7(9)4-6-8;2-1-3/h3-6,9H,2H2,1H3;2-3H. The molecule has 3 N–H and O–H groups in total. The van der Waals surface area contributed by atoms with Crippen molar-refractivity contribution in [2.75, 3.05) is 6.61 Å². The molecular weight excluding hydrogens is 171 g/mol. The molecule has 0 spiro atoms. The summed E-state index contributed by atoms with van der Waals surface area (Å²) >= 11 is 0. The van der Waals surface area contributed by atoms with Gasteiger partial charge in [0.25, 0.3) is 0 Å². The van der Waals surface area contributed by atoms with Gasteiger partial charge < -0.3 is 19.9 Å². The van der Waals surface area contributed by atoms with Crippen molar-refractivity contribution >= 4 is 7.69 Å². The van der Waals surface area contributed by atoms with Crippen LogP contribution in [0.15, 0.2) is 24.3 Å². The van der Waals surface area contributed by atoms with Crippen LogP contribution in [0.25, 0.3) is 0 Å².